The summed E-state index contributed by atoms with van der Waals surface area (Å²) in [6, 6.07) is 19.8. The van der Waals surface area contributed by atoms with Crippen molar-refractivity contribution >= 4 is 34.1 Å². The summed E-state index contributed by atoms with van der Waals surface area (Å²) in [6.07, 6.45) is 2.34. The molecule has 1 aliphatic heterocycles. The number of H-pyrrole nitrogens is 1. The quantitative estimate of drug-likeness (QED) is 0.371. The molecular formula is C27H24N6O2S. The van der Waals surface area contributed by atoms with E-state index in [1.165, 1.54) is 11.3 Å². The molecular weight excluding hydrogens is 472 g/mol. The normalized spacial score (nSPS) is 13.1. The van der Waals surface area contributed by atoms with Gasteiger partial charge in [-0.25, -0.2) is 4.98 Å². The first kappa shape index (κ1) is 22.2. The average Bonchev–Trinajstić information content (AvgIpc) is 3.66. The number of aromatic nitrogens is 4. The number of carbonyl (C=O) groups is 2. The fourth-order valence-electron chi connectivity index (χ4n) is 4.67. The van der Waals surface area contributed by atoms with Gasteiger partial charge in [0.05, 0.1) is 19.6 Å². The summed E-state index contributed by atoms with van der Waals surface area (Å²) in [4.78, 5) is 35.9. The number of amides is 2. The van der Waals surface area contributed by atoms with E-state index in [2.05, 4.69) is 15.3 Å². The van der Waals surface area contributed by atoms with Gasteiger partial charge in [-0.05, 0) is 17.7 Å². The summed E-state index contributed by atoms with van der Waals surface area (Å²) in [5.74, 6) is -0.338. The molecule has 4 heterocycles. The van der Waals surface area contributed by atoms with Crippen LogP contribution in [-0.4, -0.2) is 43.0 Å². The molecule has 0 saturated heterocycles. The molecule has 1 aliphatic rings. The highest BCUT2D eigenvalue weighted by atomic mass is 32.1. The largest absolute Gasteiger partial charge is 0.351 e. The number of nitrogens with one attached hydrogen (secondary N) is 2. The first-order chi connectivity index (χ1) is 17.7. The number of aromatic amines is 1. The van der Waals surface area contributed by atoms with Gasteiger partial charge in [0, 0.05) is 46.7 Å². The smallest absolute Gasteiger partial charge is 0.272 e. The van der Waals surface area contributed by atoms with E-state index in [-0.39, 0.29) is 11.8 Å². The van der Waals surface area contributed by atoms with E-state index in [4.69, 9.17) is 5.10 Å². The summed E-state index contributed by atoms with van der Waals surface area (Å²) in [5, 5.41) is 11.4. The molecule has 0 radical (unpaired) electrons. The van der Waals surface area contributed by atoms with E-state index in [0.29, 0.717) is 44.0 Å². The Morgan fingerprint density at radius 2 is 1.92 bits per heavy atom. The second-order valence-electron chi connectivity index (χ2n) is 8.77. The van der Waals surface area contributed by atoms with Gasteiger partial charge < -0.3 is 15.2 Å². The van der Waals surface area contributed by atoms with Gasteiger partial charge in [0.1, 0.15) is 10.7 Å². The van der Waals surface area contributed by atoms with Crippen molar-refractivity contribution in [2.75, 3.05) is 6.54 Å². The predicted molar refractivity (Wildman–Crippen MR) is 138 cm³/mol. The third-order valence-electron chi connectivity index (χ3n) is 6.46. The topological polar surface area (TPSA) is 95.9 Å². The molecule has 0 aliphatic carbocycles. The molecule has 8 nitrogen and oxygen atoms in total. The van der Waals surface area contributed by atoms with Crippen molar-refractivity contribution in [3.8, 4) is 0 Å². The van der Waals surface area contributed by atoms with Crippen LogP contribution in [0, 0.1) is 0 Å². The molecule has 0 unspecified atom stereocenters. The Bertz CT molecular complexity index is 1500. The first-order valence-electron chi connectivity index (χ1n) is 11.8. The first-order valence-corrected chi connectivity index (χ1v) is 12.7. The number of thiazole rings is 1. The van der Waals surface area contributed by atoms with Gasteiger partial charge in [0.25, 0.3) is 11.8 Å². The molecule has 0 bridgehead atoms. The summed E-state index contributed by atoms with van der Waals surface area (Å²) in [6.45, 7) is 1.80. The Labute approximate surface area is 211 Å². The SMILES string of the molecule is O=C(NCc1nccs1)c1nn(Cc2ccccc2)c2c1CN(C(=O)c1cc3ccccc3[nH]1)CC2. The van der Waals surface area contributed by atoms with Crippen LogP contribution in [0.3, 0.4) is 0 Å². The highest BCUT2D eigenvalue weighted by Crippen LogP contribution is 2.26. The zero-order valence-corrected chi connectivity index (χ0v) is 20.3. The Hall–Kier alpha value is -4.24. The molecule has 0 spiro atoms. The highest BCUT2D eigenvalue weighted by molar-refractivity contribution is 7.09. The maximum Gasteiger partial charge on any atom is 0.272 e. The van der Waals surface area contributed by atoms with Crippen LogP contribution in [0.1, 0.15) is 42.8 Å². The van der Waals surface area contributed by atoms with Crippen LogP contribution in [0.25, 0.3) is 10.9 Å². The Morgan fingerprint density at radius 3 is 2.72 bits per heavy atom. The van der Waals surface area contributed by atoms with Crippen molar-refractivity contribution in [2.45, 2.75) is 26.1 Å². The molecule has 2 amide bonds. The lowest BCUT2D eigenvalue weighted by atomic mass is 10.0. The molecule has 36 heavy (non-hydrogen) atoms. The second-order valence-corrected chi connectivity index (χ2v) is 9.75. The number of fused-ring (bicyclic) bond motifs is 2. The number of para-hydroxylation sites is 1. The molecule has 3 aromatic heterocycles. The number of hydrogen-bond acceptors (Lipinski definition) is 5. The third-order valence-corrected chi connectivity index (χ3v) is 7.24. The maximum atomic E-state index is 13.4. The molecule has 2 N–H and O–H groups in total. The zero-order chi connectivity index (χ0) is 24.5. The molecule has 0 atom stereocenters. The number of benzene rings is 2. The molecule has 2 aromatic carbocycles. The summed E-state index contributed by atoms with van der Waals surface area (Å²) < 4.78 is 1.91. The minimum Gasteiger partial charge on any atom is -0.351 e. The number of rotatable bonds is 6. The van der Waals surface area contributed by atoms with Gasteiger partial charge in [-0.1, -0.05) is 48.5 Å². The third kappa shape index (κ3) is 4.29. The summed E-state index contributed by atoms with van der Waals surface area (Å²) >= 11 is 1.49. The maximum absolute atomic E-state index is 13.4. The van der Waals surface area contributed by atoms with Crippen molar-refractivity contribution in [3.05, 3.63) is 105 Å². The summed E-state index contributed by atoms with van der Waals surface area (Å²) in [7, 11) is 0. The van der Waals surface area contributed by atoms with Crippen LogP contribution in [0.4, 0.5) is 0 Å². The van der Waals surface area contributed by atoms with Crippen molar-refractivity contribution in [1.29, 1.82) is 0 Å². The lowest BCUT2D eigenvalue weighted by Crippen LogP contribution is -2.37. The Kier molecular flexibility index (Phi) is 5.82. The van der Waals surface area contributed by atoms with E-state index in [1.54, 1.807) is 11.1 Å². The second kappa shape index (κ2) is 9.43. The van der Waals surface area contributed by atoms with Gasteiger partial charge in [0.2, 0.25) is 0 Å². The Balaban J connectivity index is 1.30. The molecule has 180 valence electrons. The van der Waals surface area contributed by atoms with Crippen LogP contribution in [0.2, 0.25) is 0 Å². The molecule has 5 aromatic rings. The van der Waals surface area contributed by atoms with Crippen LogP contribution in [0.5, 0.6) is 0 Å². The average molecular weight is 497 g/mol. The van der Waals surface area contributed by atoms with Gasteiger partial charge in [-0.2, -0.15) is 5.10 Å². The zero-order valence-electron chi connectivity index (χ0n) is 19.5. The Morgan fingerprint density at radius 1 is 1.08 bits per heavy atom. The monoisotopic (exact) mass is 496 g/mol. The standard InChI is InChI=1S/C27H24N6O2S/c34-26(29-15-24-28-11-13-36-24)25-20-17-32(27(35)22-14-19-8-4-5-9-21(19)30-22)12-10-23(20)33(31-25)16-18-6-2-1-3-7-18/h1-9,11,13-14,30H,10,12,15-17H2,(H,29,34). The fraction of sp³-hybridized carbons (Fsp3) is 0.185. The molecule has 9 heteroatoms. The van der Waals surface area contributed by atoms with Crippen molar-refractivity contribution in [1.82, 2.24) is 30.0 Å². The molecule has 6 rings (SSSR count). The number of nitrogens with zero attached hydrogens (tertiary/aromatic N) is 4. The van der Waals surface area contributed by atoms with Crippen LogP contribution < -0.4 is 5.32 Å². The van der Waals surface area contributed by atoms with Gasteiger partial charge >= 0.3 is 0 Å². The van der Waals surface area contributed by atoms with Crippen molar-refractivity contribution in [3.63, 3.8) is 0 Å². The molecule has 0 saturated carbocycles. The number of carbonyl (C=O) groups excluding carboxylic acids is 2. The number of hydrogen-bond donors (Lipinski definition) is 2. The minimum absolute atomic E-state index is 0.0817. The van der Waals surface area contributed by atoms with Crippen LogP contribution in [-0.2, 0) is 26.1 Å². The van der Waals surface area contributed by atoms with E-state index in [9.17, 15) is 9.59 Å². The van der Waals surface area contributed by atoms with Crippen molar-refractivity contribution < 1.29 is 9.59 Å². The fourth-order valence-corrected chi connectivity index (χ4v) is 5.23. The van der Waals surface area contributed by atoms with E-state index in [0.717, 1.165) is 32.7 Å². The lowest BCUT2D eigenvalue weighted by molar-refractivity contribution is 0.0725. The van der Waals surface area contributed by atoms with Crippen LogP contribution in [0.15, 0.2) is 72.2 Å². The van der Waals surface area contributed by atoms with Gasteiger partial charge in [0.15, 0.2) is 5.69 Å². The minimum atomic E-state index is -0.256. The van der Waals surface area contributed by atoms with E-state index < -0.39 is 0 Å². The van der Waals surface area contributed by atoms with Crippen LogP contribution >= 0.6 is 11.3 Å². The van der Waals surface area contributed by atoms with E-state index >= 15 is 0 Å². The lowest BCUT2D eigenvalue weighted by Gasteiger charge is -2.27. The van der Waals surface area contributed by atoms with E-state index in [1.807, 2.05) is 70.7 Å². The summed E-state index contributed by atoms with van der Waals surface area (Å²) in [5.41, 5.74) is 4.75. The van der Waals surface area contributed by atoms with Gasteiger partial charge in [-0.3, -0.25) is 14.3 Å². The van der Waals surface area contributed by atoms with Gasteiger partial charge in [-0.15, -0.1) is 11.3 Å². The highest BCUT2D eigenvalue weighted by Gasteiger charge is 2.31. The predicted octanol–water partition coefficient (Wildman–Crippen LogP) is 4.00. The molecule has 0 fully saturated rings. The van der Waals surface area contributed by atoms with Crippen molar-refractivity contribution in [2.24, 2.45) is 0 Å².